The van der Waals surface area contributed by atoms with Gasteiger partial charge in [-0.3, -0.25) is 4.79 Å². The van der Waals surface area contributed by atoms with E-state index in [2.05, 4.69) is 64.6 Å². The number of aryl methyl sites for hydroxylation is 1. The van der Waals surface area contributed by atoms with Crippen molar-refractivity contribution in [3.8, 4) is 5.69 Å². The predicted molar refractivity (Wildman–Crippen MR) is 135 cm³/mol. The minimum atomic E-state index is 0.0488. The highest BCUT2D eigenvalue weighted by molar-refractivity contribution is 7.99. The standard InChI is InChI=1S/C25H32N6O2S/c1-18-7-5-9-23(19(18)2)31-25(26-27-28-31)34-17-24(32)30(16-22-8-6-14-33-22)15-20-10-12-21(13-11-20)29(3)4/h5,7,9-13,22H,6,8,14-17H2,1-4H3. The molecular weight excluding hydrogens is 448 g/mol. The monoisotopic (exact) mass is 480 g/mol. The van der Waals surface area contributed by atoms with Crippen molar-refractivity contribution in [1.29, 1.82) is 0 Å². The van der Waals surface area contributed by atoms with Gasteiger partial charge in [0.05, 0.1) is 17.5 Å². The maximum absolute atomic E-state index is 13.3. The number of thioether (sulfide) groups is 1. The second-order valence-electron chi connectivity index (χ2n) is 8.85. The Morgan fingerprint density at radius 1 is 1.18 bits per heavy atom. The first-order chi connectivity index (χ1) is 16.4. The number of anilines is 1. The zero-order chi connectivity index (χ0) is 24.1. The Labute approximate surface area is 205 Å². The summed E-state index contributed by atoms with van der Waals surface area (Å²) in [6.45, 7) is 6.03. The van der Waals surface area contributed by atoms with Crippen molar-refractivity contribution in [3.05, 3.63) is 59.2 Å². The Balaban J connectivity index is 1.47. The molecule has 1 fully saturated rings. The normalized spacial score (nSPS) is 15.5. The van der Waals surface area contributed by atoms with Gasteiger partial charge in [-0.05, 0) is 72.0 Å². The third-order valence-corrected chi connectivity index (χ3v) is 7.10. The fourth-order valence-corrected chi connectivity index (χ4v) is 4.80. The molecule has 0 spiro atoms. The van der Waals surface area contributed by atoms with Crippen molar-refractivity contribution in [2.75, 3.05) is 37.9 Å². The van der Waals surface area contributed by atoms with E-state index in [1.54, 1.807) is 4.68 Å². The summed E-state index contributed by atoms with van der Waals surface area (Å²) in [6.07, 6.45) is 2.13. The van der Waals surface area contributed by atoms with Crippen LogP contribution in [0, 0.1) is 13.8 Å². The lowest BCUT2D eigenvalue weighted by Crippen LogP contribution is -2.38. The molecule has 1 saturated heterocycles. The van der Waals surface area contributed by atoms with Crippen LogP contribution in [0.2, 0.25) is 0 Å². The van der Waals surface area contributed by atoms with Crippen molar-refractivity contribution in [2.45, 2.75) is 44.5 Å². The second-order valence-corrected chi connectivity index (χ2v) is 9.79. The molecule has 1 unspecified atom stereocenters. The van der Waals surface area contributed by atoms with Gasteiger partial charge >= 0.3 is 0 Å². The number of ether oxygens (including phenoxy) is 1. The van der Waals surface area contributed by atoms with Crippen LogP contribution in [0.25, 0.3) is 5.69 Å². The minimum absolute atomic E-state index is 0.0488. The Kier molecular flexibility index (Phi) is 7.84. The first kappa shape index (κ1) is 24.2. The van der Waals surface area contributed by atoms with Crippen LogP contribution in [0.5, 0.6) is 0 Å². The lowest BCUT2D eigenvalue weighted by atomic mass is 10.1. The highest BCUT2D eigenvalue weighted by Crippen LogP contribution is 2.24. The number of carbonyl (C=O) groups is 1. The van der Waals surface area contributed by atoms with E-state index >= 15 is 0 Å². The Morgan fingerprint density at radius 3 is 2.68 bits per heavy atom. The molecule has 1 aliphatic rings. The number of benzene rings is 2. The molecule has 1 aliphatic heterocycles. The average molecular weight is 481 g/mol. The third kappa shape index (κ3) is 5.77. The van der Waals surface area contributed by atoms with Crippen molar-refractivity contribution in [3.63, 3.8) is 0 Å². The Morgan fingerprint density at radius 2 is 1.97 bits per heavy atom. The van der Waals surface area contributed by atoms with E-state index in [9.17, 15) is 4.79 Å². The summed E-state index contributed by atoms with van der Waals surface area (Å²) in [7, 11) is 4.04. The molecule has 3 aromatic rings. The number of hydrogen-bond acceptors (Lipinski definition) is 7. The van der Waals surface area contributed by atoms with Crippen molar-refractivity contribution < 1.29 is 9.53 Å². The molecule has 9 heteroatoms. The number of rotatable bonds is 9. The van der Waals surface area contributed by atoms with Crippen LogP contribution in [0.15, 0.2) is 47.6 Å². The molecule has 8 nitrogen and oxygen atoms in total. The summed E-state index contributed by atoms with van der Waals surface area (Å²) < 4.78 is 7.54. The number of tetrazole rings is 1. The van der Waals surface area contributed by atoms with E-state index in [0.29, 0.717) is 18.2 Å². The van der Waals surface area contributed by atoms with E-state index in [1.165, 1.54) is 17.3 Å². The largest absolute Gasteiger partial charge is 0.378 e. The van der Waals surface area contributed by atoms with Gasteiger partial charge in [0.1, 0.15) is 0 Å². The van der Waals surface area contributed by atoms with E-state index in [0.717, 1.165) is 42.0 Å². The van der Waals surface area contributed by atoms with Crippen LogP contribution in [-0.4, -0.2) is 70.1 Å². The van der Waals surface area contributed by atoms with Crippen LogP contribution in [0.3, 0.4) is 0 Å². The summed E-state index contributed by atoms with van der Waals surface area (Å²) in [5.74, 6) is 0.306. The molecule has 0 radical (unpaired) electrons. The Hall–Kier alpha value is -2.91. The van der Waals surface area contributed by atoms with Gasteiger partial charge in [-0.2, -0.15) is 4.68 Å². The van der Waals surface area contributed by atoms with Gasteiger partial charge in [0.2, 0.25) is 11.1 Å². The highest BCUT2D eigenvalue weighted by atomic mass is 32.2. The molecule has 0 bridgehead atoms. The lowest BCUT2D eigenvalue weighted by molar-refractivity contribution is -0.130. The van der Waals surface area contributed by atoms with E-state index in [4.69, 9.17) is 4.74 Å². The van der Waals surface area contributed by atoms with E-state index < -0.39 is 0 Å². The molecule has 2 heterocycles. The quantitative estimate of drug-likeness (QED) is 0.433. The van der Waals surface area contributed by atoms with Crippen LogP contribution < -0.4 is 4.90 Å². The topological polar surface area (TPSA) is 76.4 Å². The van der Waals surface area contributed by atoms with Crippen LogP contribution in [0.4, 0.5) is 5.69 Å². The first-order valence-corrected chi connectivity index (χ1v) is 12.5. The number of nitrogens with zero attached hydrogens (tertiary/aromatic N) is 6. The average Bonchev–Trinajstić information content (AvgIpc) is 3.51. The smallest absolute Gasteiger partial charge is 0.233 e. The molecule has 1 atom stereocenters. The molecule has 180 valence electrons. The van der Waals surface area contributed by atoms with Gasteiger partial charge in [0.15, 0.2) is 0 Å². The van der Waals surface area contributed by atoms with E-state index in [1.807, 2.05) is 31.1 Å². The van der Waals surface area contributed by atoms with Gasteiger partial charge in [-0.25, -0.2) is 0 Å². The summed E-state index contributed by atoms with van der Waals surface area (Å²) in [4.78, 5) is 17.3. The van der Waals surface area contributed by atoms with Crippen molar-refractivity contribution in [1.82, 2.24) is 25.1 Å². The summed E-state index contributed by atoms with van der Waals surface area (Å²) in [5, 5.41) is 12.8. The van der Waals surface area contributed by atoms with Gasteiger partial charge < -0.3 is 14.5 Å². The van der Waals surface area contributed by atoms with Gasteiger partial charge in [0.25, 0.3) is 0 Å². The van der Waals surface area contributed by atoms with Crippen LogP contribution in [0.1, 0.15) is 29.5 Å². The Bertz CT molecular complexity index is 1110. The molecule has 1 amide bonds. The predicted octanol–water partition coefficient (Wildman–Crippen LogP) is 3.65. The lowest BCUT2D eigenvalue weighted by Gasteiger charge is -2.26. The molecule has 2 aromatic carbocycles. The molecule has 0 N–H and O–H groups in total. The third-order valence-electron chi connectivity index (χ3n) is 6.20. The summed E-state index contributed by atoms with van der Waals surface area (Å²) in [6, 6.07) is 14.4. The second kappa shape index (κ2) is 11.0. The maximum Gasteiger partial charge on any atom is 0.233 e. The molecule has 4 rings (SSSR count). The number of amides is 1. The van der Waals surface area contributed by atoms with Crippen molar-refractivity contribution in [2.24, 2.45) is 0 Å². The van der Waals surface area contributed by atoms with Crippen molar-refractivity contribution >= 4 is 23.4 Å². The zero-order valence-corrected chi connectivity index (χ0v) is 21.1. The summed E-state index contributed by atoms with van der Waals surface area (Å²) >= 11 is 1.36. The molecule has 0 saturated carbocycles. The summed E-state index contributed by atoms with van der Waals surface area (Å²) in [5.41, 5.74) is 5.45. The number of carbonyl (C=O) groups excluding carboxylic acids is 1. The number of hydrogen-bond donors (Lipinski definition) is 0. The SMILES string of the molecule is Cc1cccc(-n2nnnc2SCC(=O)N(Cc2ccc(N(C)C)cc2)CC2CCCO2)c1C. The highest BCUT2D eigenvalue weighted by Gasteiger charge is 2.24. The fourth-order valence-electron chi connectivity index (χ4n) is 4.01. The van der Waals surface area contributed by atoms with Gasteiger partial charge in [-0.1, -0.05) is 36.0 Å². The molecule has 1 aromatic heterocycles. The molecular formula is C25H32N6O2S. The van der Waals surface area contributed by atoms with Crippen LogP contribution in [-0.2, 0) is 16.1 Å². The van der Waals surface area contributed by atoms with E-state index in [-0.39, 0.29) is 17.8 Å². The maximum atomic E-state index is 13.3. The van der Waals surface area contributed by atoms with Gasteiger partial charge in [-0.15, -0.1) is 5.10 Å². The van der Waals surface area contributed by atoms with Crippen LogP contribution >= 0.6 is 11.8 Å². The number of aromatic nitrogens is 4. The zero-order valence-electron chi connectivity index (χ0n) is 20.3. The fraction of sp³-hybridized carbons (Fsp3) is 0.440. The molecule has 34 heavy (non-hydrogen) atoms. The molecule has 0 aliphatic carbocycles. The minimum Gasteiger partial charge on any atom is -0.378 e. The van der Waals surface area contributed by atoms with Gasteiger partial charge in [0, 0.05) is 39.5 Å². The first-order valence-electron chi connectivity index (χ1n) is 11.6.